The molecule has 0 fully saturated rings. The van der Waals surface area contributed by atoms with Crippen LogP contribution in [0.25, 0.3) is 0 Å². The molecule has 1 aromatic carbocycles. The molecule has 0 bridgehead atoms. The zero-order valence-corrected chi connectivity index (χ0v) is 9.10. The molecule has 0 aliphatic heterocycles. The highest BCUT2D eigenvalue weighted by molar-refractivity contribution is 5.85. The van der Waals surface area contributed by atoms with Crippen LogP contribution in [-0.4, -0.2) is 6.61 Å². The topological polar surface area (TPSA) is 35.2 Å². The molecule has 0 heterocycles. The average molecular weight is 220 g/mol. The Morgan fingerprint density at radius 1 is 1.50 bits per heavy atom. The van der Waals surface area contributed by atoms with E-state index in [-0.39, 0.29) is 30.0 Å². The van der Waals surface area contributed by atoms with Crippen molar-refractivity contribution in [2.45, 2.75) is 19.9 Å². The number of rotatable bonds is 3. The van der Waals surface area contributed by atoms with Crippen molar-refractivity contribution >= 4 is 12.4 Å². The van der Waals surface area contributed by atoms with Crippen molar-refractivity contribution in [3.05, 3.63) is 29.6 Å². The van der Waals surface area contributed by atoms with Crippen molar-refractivity contribution in [2.24, 2.45) is 5.73 Å². The van der Waals surface area contributed by atoms with E-state index in [1.54, 1.807) is 12.1 Å². The fraction of sp³-hybridized carbons (Fsp3) is 0.400. The summed E-state index contributed by atoms with van der Waals surface area (Å²) < 4.78 is 18.3. The number of nitrogens with two attached hydrogens (primary N) is 1. The second-order valence-electron chi connectivity index (χ2n) is 2.91. The van der Waals surface area contributed by atoms with Crippen LogP contribution < -0.4 is 10.5 Å². The first-order valence-corrected chi connectivity index (χ1v) is 4.33. The Bertz CT molecular complexity index is 291. The largest absolute Gasteiger partial charge is 0.491 e. The van der Waals surface area contributed by atoms with Crippen LogP contribution in [-0.2, 0) is 0 Å². The van der Waals surface area contributed by atoms with Gasteiger partial charge in [0.05, 0.1) is 6.61 Å². The Morgan fingerprint density at radius 3 is 2.57 bits per heavy atom. The zero-order chi connectivity index (χ0) is 9.84. The van der Waals surface area contributed by atoms with E-state index in [1.165, 1.54) is 6.07 Å². The number of halogens is 2. The molecule has 0 radical (unpaired) electrons. The number of hydrogen-bond donors (Lipinski definition) is 1. The van der Waals surface area contributed by atoms with Gasteiger partial charge in [-0.3, -0.25) is 0 Å². The molecule has 80 valence electrons. The van der Waals surface area contributed by atoms with Crippen LogP contribution in [0.1, 0.15) is 25.5 Å². The number of hydrogen-bond acceptors (Lipinski definition) is 2. The van der Waals surface area contributed by atoms with Gasteiger partial charge in [-0.05, 0) is 31.5 Å². The Hall–Kier alpha value is -0.800. The molecule has 0 spiro atoms. The van der Waals surface area contributed by atoms with E-state index >= 15 is 0 Å². The van der Waals surface area contributed by atoms with E-state index in [2.05, 4.69) is 0 Å². The molecule has 14 heavy (non-hydrogen) atoms. The van der Waals surface area contributed by atoms with E-state index in [1.807, 2.05) is 13.8 Å². The third-order valence-corrected chi connectivity index (χ3v) is 1.78. The van der Waals surface area contributed by atoms with Crippen LogP contribution >= 0.6 is 12.4 Å². The summed E-state index contributed by atoms with van der Waals surface area (Å²) in [6.07, 6.45) is 0. The van der Waals surface area contributed by atoms with Crippen molar-refractivity contribution in [3.8, 4) is 5.75 Å². The lowest BCUT2D eigenvalue weighted by Gasteiger charge is -2.08. The van der Waals surface area contributed by atoms with Crippen molar-refractivity contribution in [3.63, 3.8) is 0 Å². The first kappa shape index (κ1) is 13.2. The summed E-state index contributed by atoms with van der Waals surface area (Å²) in [7, 11) is 0. The van der Waals surface area contributed by atoms with Crippen LogP contribution in [0, 0.1) is 5.82 Å². The summed E-state index contributed by atoms with van der Waals surface area (Å²) in [6, 6.07) is 4.65. The van der Waals surface area contributed by atoms with Crippen LogP contribution in [0.15, 0.2) is 18.2 Å². The SMILES string of the molecule is CCOc1ccc(C(C)N)cc1F.Cl. The maximum Gasteiger partial charge on any atom is 0.165 e. The Kier molecular flexibility index (Phi) is 5.50. The van der Waals surface area contributed by atoms with Gasteiger partial charge in [0.2, 0.25) is 0 Å². The molecule has 0 aliphatic carbocycles. The highest BCUT2D eigenvalue weighted by Gasteiger charge is 2.06. The predicted octanol–water partition coefficient (Wildman–Crippen LogP) is 2.67. The molecule has 4 heteroatoms. The lowest BCUT2D eigenvalue weighted by Crippen LogP contribution is -2.05. The van der Waals surface area contributed by atoms with Gasteiger partial charge in [0.25, 0.3) is 0 Å². The molecule has 2 nitrogen and oxygen atoms in total. The van der Waals surface area contributed by atoms with Gasteiger partial charge < -0.3 is 10.5 Å². The summed E-state index contributed by atoms with van der Waals surface area (Å²) in [6.45, 7) is 4.10. The van der Waals surface area contributed by atoms with Crippen LogP contribution in [0.3, 0.4) is 0 Å². The first-order valence-electron chi connectivity index (χ1n) is 4.33. The van der Waals surface area contributed by atoms with E-state index in [0.29, 0.717) is 6.61 Å². The van der Waals surface area contributed by atoms with E-state index in [4.69, 9.17) is 10.5 Å². The summed E-state index contributed by atoms with van der Waals surface area (Å²) >= 11 is 0. The highest BCUT2D eigenvalue weighted by atomic mass is 35.5. The molecule has 1 aromatic rings. The monoisotopic (exact) mass is 219 g/mol. The quantitative estimate of drug-likeness (QED) is 0.849. The predicted molar refractivity (Wildman–Crippen MR) is 57.4 cm³/mol. The summed E-state index contributed by atoms with van der Waals surface area (Å²) in [5.41, 5.74) is 6.38. The normalized spacial score (nSPS) is 11.7. The Labute approximate surface area is 89.7 Å². The second-order valence-corrected chi connectivity index (χ2v) is 2.91. The van der Waals surface area contributed by atoms with Gasteiger partial charge in [0.1, 0.15) is 0 Å². The first-order chi connectivity index (χ1) is 6.15. The van der Waals surface area contributed by atoms with Gasteiger partial charge in [-0.2, -0.15) is 0 Å². The van der Waals surface area contributed by atoms with Gasteiger partial charge >= 0.3 is 0 Å². The third-order valence-electron chi connectivity index (χ3n) is 1.78. The minimum Gasteiger partial charge on any atom is -0.491 e. The summed E-state index contributed by atoms with van der Waals surface area (Å²) in [4.78, 5) is 0. The molecule has 0 saturated heterocycles. The van der Waals surface area contributed by atoms with Crippen LogP contribution in [0.2, 0.25) is 0 Å². The lowest BCUT2D eigenvalue weighted by molar-refractivity contribution is 0.321. The van der Waals surface area contributed by atoms with E-state index in [0.717, 1.165) is 5.56 Å². The maximum atomic E-state index is 13.2. The Morgan fingerprint density at radius 2 is 2.14 bits per heavy atom. The Balaban J connectivity index is 0.00000169. The summed E-state index contributed by atoms with van der Waals surface area (Å²) in [5.74, 6) is -0.0662. The molecule has 1 atom stereocenters. The molecule has 1 rings (SSSR count). The second kappa shape index (κ2) is 5.83. The minimum atomic E-state index is -0.350. The number of benzene rings is 1. The fourth-order valence-corrected chi connectivity index (χ4v) is 1.07. The molecule has 1 unspecified atom stereocenters. The molecule has 0 aromatic heterocycles. The maximum absolute atomic E-state index is 13.2. The molecule has 2 N–H and O–H groups in total. The van der Waals surface area contributed by atoms with Gasteiger partial charge in [-0.15, -0.1) is 12.4 Å². The van der Waals surface area contributed by atoms with Crippen molar-refractivity contribution in [1.82, 2.24) is 0 Å². The minimum absolute atomic E-state index is 0. The van der Waals surface area contributed by atoms with Crippen LogP contribution in [0.4, 0.5) is 4.39 Å². The molecular weight excluding hydrogens is 205 g/mol. The fourth-order valence-electron chi connectivity index (χ4n) is 1.07. The smallest absolute Gasteiger partial charge is 0.165 e. The van der Waals surface area contributed by atoms with E-state index < -0.39 is 0 Å². The molecule has 0 amide bonds. The van der Waals surface area contributed by atoms with E-state index in [9.17, 15) is 4.39 Å². The third kappa shape index (κ3) is 3.16. The van der Waals surface area contributed by atoms with Gasteiger partial charge in [0, 0.05) is 6.04 Å². The van der Waals surface area contributed by atoms with Gasteiger partial charge in [-0.25, -0.2) is 4.39 Å². The standard InChI is InChI=1S/C10H14FNO.ClH/c1-3-13-10-5-4-8(7(2)12)6-9(10)11;/h4-7H,3,12H2,1-2H3;1H. The molecule has 0 aliphatic rings. The van der Waals surface area contributed by atoms with Crippen molar-refractivity contribution in [1.29, 1.82) is 0 Å². The number of ether oxygens (including phenoxy) is 1. The van der Waals surface area contributed by atoms with Crippen molar-refractivity contribution < 1.29 is 9.13 Å². The van der Waals surface area contributed by atoms with Crippen LogP contribution in [0.5, 0.6) is 5.75 Å². The summed E-state index contributed by atoms with van der Waals surface area (Å²) in [5, 5.41) is 0. The van der Waals surface area contributed by atoms with Crippen molar-refractivity contribution in [2.75, 3.05) is 6.61 Å². The average Bonchev–Trinajstić information content (AvgIpc) is 2.08. The van der Waals surface area contributed by atoms with Gasteiger partial charge in [0.15, 0.2) is 11.6 Å². The zero-order valence-electron chi connectivity index (χ0n) is 8.29. The molecule has 0 saturated carbocycles. The lowest BCUT2D eigenvalue weighted by atomic mass is 10.1. The molecular formula is C10H15ClFNO. The highest BCUT2D eigenvalue weighted by Crippen LogP contribution is 2.20. The van der Waals surface area contributed by atoms with Gasteiger partial charge in [-0.1, -0.05) is 6.07 Å².